The molecule has 1 heterocycles. The van der Waals surface area contributed by atoms with Gasteiger partial charge in [0.2, 0.25) is 0 Å². The number of halogens is 1. The number of benzene rings is 1. The van der Waals surface area contributed by atoms with E-state index >= 15 is 0 Å². The second kappa shape index (κ2) is 7.99. The summed E-state index contributed by atoms with van der Waals surface area (Å²) in [7, 11) is 2.15. The zero-order valence-electron chi connectivity index (χ0n) is 12.4. The second-order valence-corrected chi connectivity index (χ2v) is 5.98. The molecule has 20 heavy (non-hydrogen) atoms. The molecule has 2 unspecified atom stereocenters. The van der Waals surface area contributed by atoms with E-state index in [-0.39, 0.29) is 0 Å². The fraction of sp³-hybridized carbons (Fsp3) is 0.625. The third-order valence-corrected chi connectivity index (χ3v) is 4.25. The molecule has 0 amide bonds. The molecule has 1 fully saturated rings. The number of hydrogen-bond acceptors (Lipinski definition) is 3. The predicted molar refractivity (Wildman–Crippen MR) is 84.2 cm³/mol. The Morgan fingerprint density at radius 3 is 2.95 bits per heavy atom. The van der Waals surface area contributed by atoms with Gasteiger partial charge < -0.3 is 15.0 Å². The summed E-state index contributed by atoms with van der Waals surface area (Å²) in [4.78, 5) is 2.34. The van der Waals surface area contributed by atoms with Gasteiger partial charge in [-0.15, -0.1) is 0 Å². The third kappa shape index (κ3) is 4.45. The lowest BCUT2D eigenvalue weighted by molar-refractivity contribution is 0.0193. The highest BCUT2D eigenvalue weighted by Gasteiger charge is 2.26. The lowest BCUT2D eigenvalue weighted by Crippen LogP contribution is -2.47. The molecule has 0 radical (unpaired) electrons. The van der Waals surface area contributed by atoms with Crippen molar-refractivity contribution >= 4 is 11.6 Å². The molecule has 0 aliphatic carbocycles. The standard InChI is InChI=1S/C16H25ClN2O/c1-3-18-16-8-9-20-12-14(16)11-19(2)10-13-6-4-5-7-15(13)17/h4-7,14,16,18H,3,8-12H2,1-2H3. The summed E-state index contributed by atoms with van der Waals surface area (Å²) in [6.07, 6.45) is 1.11. The lowest BCUT2D eigenvalue weighted by atomic mass is 9.95. The van der Waals surface area contributed by atoms with Crippen molar-refractivity contribution in [2.75, 3.05) is 33.4 Å². The van der Waals surface area contributed by atoms with Crippen LogP contribution in [0.1, 0.15) is 18.9 Å². The average Bonchev–Trinajstić information content (AvgIpc) is 2.44. The van der Waals surface area contributed by atoms with Crippen LogP contribution >= 0.6 is 11.6 Å². The first kappa shape index (κ1) is 15.8. The topological polar surface area (TPSA) is 24.5 Å². The molecule has 112 valence electrons. The summed E-state index contributed by atoms with van der Waals surface area (Å²) in [5, 5.41) is 4.43. The Hall–Kier alpha value is -0.610. The second-order valence-electron chi connectivity index (χ2n) is 5.58. The van der Waals surface area contributed by atoms with Gasteiger partial charge in [0, 0.05) is 36.7 Å². The molecule has 0 bridgehead atoms. The van der Waals surface area contributed by atoms with Gasteiger partial charge in [0.15, 0.2) is 0 Å². The smallest absolute Gasteiger partial charge is 0.0521 e. The summed E-state index contributed by atoms with van der Waals surface area (Å²) in [6.45, 7) is 6.83. The molecular weight excluding hydrogens is 272 g/mol. The van der Waals surface area contributed by atoms with Gasteiger partial charge in [-0.2, -0.15) is 0 Å². The van der Waals surface area contributed by atoms with Gasteiger partial charge >= 0.3 is 0 Å². The molecular formula is C16H25ClN2O. The van der Waals surface area contributed by atoms with E-state index in [0.29, 0.717) is 12.0 Å². The van der Waals surface area contributed by atoms with Crippen LogP contribution in [0.5, 0.6) is 0 Å². The van der Waals surface area contributed by atoms with Crippen molar-refractivity contribution in [3.8, 4) is 0 Å². The van der Waals surface area contributed by atoms with E-state index in [1.54, 1.807) is 0 Å². The van der Waals surface area contributed by atoms with E-state index in [4.69, 9.17) is 16.3 Å². The van der Waals surface area contributed by atoms with E-state index in [2.05, 4.69) is 30.3 Å². The van der Waals surface area contributed by atoms with Crippen molar-refractivity contribution in [3.63, 3.8) is 0 Å². The highest BCUT2D eigenvalue weighted by molar-refractivity contribution is 6.31. The van der Waals surface area contributed by atoms with Crippen molar-refractivity contribution in [1.29, 1.82) is 0 Å². The maximum atomic E-state index is 6.23. The molecule has 2 rings (SSSR count). The van der Waals surface area contributed by atoms with Crippen LogP contribution in [0, 0.1) is 5.92 Å². The fourth-order valence-corrected chi connectivity index (χ4v) is 3.09. The molecule has 1 aromatic carbocycles. The molecule has 1 aromatic rings. The Balaban J connectivity index is 1.89. The number of nitrogens with zero attached hydrogens (tertiary/aromatic N) is 1. The maximum Gasteiger partial charge on any atom is 0.0521 e. The molecule has 1 N–H and O–H groups in total. The minimum atomic E-state index is 0.552. The first-order valence-corrected chi connectivity index (χ1v) is 7.81. The van der Waals surface area contributed by atoms with Crippen LogP contribution in [0.3, 0.4) is 0 Å². The fourth-order valence-electron chi connectivity index (χ4n) is 2.89. The molecule has 1 aliphatic heterocycles. The number of ether oxygens (including phenoxy) is 1. The summed E-state index contributed by atoms with van der Waals surface area (Å²) in [5.74, 6) is 0.552. The van der Waals surface area contributed by atoms with E-state index < -0.39 is 0 Å². The summed E-state index contributed by atoms with van der Waals surface area (Å²) >= 11 is 6.23. The van der Waals surface area contributed by atoms with Gasteiger partial charge in [0.05, 0.1) is 6.61 Å². The molecule has 2 atom stereocenters. The number of hydrogen-bond donors (Lipinski definition) is 1. The molecule has 3 nitrogen and oxygen atoms in total. The van der Waals surface area contributed by atoms with Crippen LogP contribution in [0.15, 0.2) is 24.3 Å². The Labute approximate surface area is 127 Å². The Morgan fingerprint density at radius 2 is 2.20 bits per heavy atom. The third-order valence-electron chi connectivity index (χ3n) is 3.88. The van der Waals surface area contributed by atoms with Crippen LogP contribution in [0.2, 0.25) is 5.02 Å². The minimum Gasteiger partial charge on any atom is -0.381 e. The number of rotatable bonds is 6. The molecule has 1 saturated heterocycles. The highest BCUT2D eigenvalue weighted by Crippen LogP contribution is 2.19. The highest BCUT2D eigenvalue weighted by atomic mass is 35.5. The molecule has 0 saturated carbocycles. The van der Waals surface area contributed by atoms with E-state index in [1.165, 1.54) is 5.56 Å². The SMILES string of the molecule is CCNC1CCOCC1CN(C)Cc1ccccc1Cl. The molecule has 0 spiro atoms. The maximum absolute atomic E-state index is 6.23. The quantitative estimate of drug-likeness (QED) is 0.874. The zero-order chi connectivity index (χ0) is 14.4. The molecule has 4 heteroatoms. The van der Waals surface area contributed by atoms with Gasteiger partial charge in [-0.1, -0.05) is 36.7 Å². The monoisotopic (exact) mass is 296 g/mol. The van der Waals surface area contributed by atoms with Gasteiger partial charge in [0.1, 0.15) is 0 Å². The van der Waals surface area contributed by atoms with E-state index in [1.807, 2.05) is 18.2 Å². The van der Waals surface area contributed by atoms with Crippen molar-refractivity contribution in [2.24, 2.45) is 5.92 Å². The molecule has 1 aliphatic rings. The van der Waals surface area contributed by atoms with Gasteiger partial charge in [-0.25, -0.2) is 0 Å². The van der Waals surface area contributed by atoms with E-state index in [0.717, 1.165) is 44.3 Å². The summed E-state index contributed by atoms with van der Waals surface area (Å²) in [6, 6.07) is 8.64. The summed E-state index contributed by atoms with van der Waals surface area (Å²) in [5.41, 5.74) is 1.19. The largest absolute Gasteiger partial charge is 0.381 e. The van der Waals surface area contributed by atoms with Gasteiger partial charge in [-0.05, 0) is 31.6 Å². The Bertz CT molecular complexity index is 411. The van der Waals surface area contributed by atoms with Crippen LogP contribution in [-0.4, -0.2) is 44.3 Å². The van der Waals surface area contributed by atoms with Crippen LogP contribution in [0.4, 0.5) is 0 Å². The zero-order valence-corrected chi connectivity index (χ0v) is 13.2. The van der Waals surface area contributed by atoms with Crippen molar-refractivity contribution in [1.82, 2.24) is 10.2 Å². The molecule has 0 aromatic heterocycles. The van der Waals surface area contributed by atoms with Crippen molar-refractivity contribution in [2.45, 2.75) is 25.9 Å². The van der Waals surface area contributed by atoms with Gasteiger partial charge in [0.25, 0.3) is 0 Å². The lowest BCUT2D eigenvalue weighted by Gasteiger charge is -2.34. The average molecular weight is 297 g/mol. The van der Waals surface area contributed by atoms with E-state index in [9.17, 15) is 0 Å². The number of nitrogens with one attached hydrogen (secondary N) is 1. The van der Waals surface area contributed by atoms with Crippen molar-refractivity contribution < 1.29 is 4.74 Å². The predicted octanol–water partition coefficient (Wildman–Crippen LogP) is 2.79. The van der Waals surface area contributed by atoms with Crippen molar-refractivity contribution in [3.05, 3.63) is 34.9 Å². The first-order chi connectivity index (χ1) is 9.70. The Kier molecular flexibility index (Phi) is 6.30. The summed E-state index contributed by atoms with van der Waals surface area (Å²) < 4.78 is 5.64. The first-order valence-electron chi connectivity index (χ1n) is 7.43. The van der Waals surface area contributed by atoms with Crippen LogP contribution in [0.25, 0.3) is 0 Å². The minimum absolute atomic E-state index is 0.552. The Morgan fingerprint density at radius 1 is 1.40 bits per heavy atom. The van der Waals surface area contributed by atoms with Crippen LogP contribution in [-0.2, 0) is 11.3 Å². The normalized spacial score (nSPS) is 23.2. The van der Waals surface area contributed by atoms with Gasteiger partial charge in [-0.3, -0.25) is 0 Å². The van der Waals surface area contributed by atoms with Crippen LogP contribution < -0.4 is 5.32 Å².